The summed E-state index contributed by atoms with van der Waals surface area (Å²) >= 11 is 0. The van der Waals surface area contributed by atoms with E-state index in [1.165, 1.54) is 5.56 Å². The predicted octanol–water partition coefficient (Wildman–Crippen LogP) is 2.81. The molecule has 3 rings (SSSR count). The topological polar surface area (TPSA) is 65.9 Å². The van der Waals surface area contributed by atoms with E-state index in [4.69, 9.17) is 4.74 Å². The molecule has 0 saturated carbocycles. The first-order chi connectivity index (χ1) is 13.0. The monoisotopic (exact) mass is 369 g/mol. The lowest BCUT2D eigenvalue weighted by Gasteiger charge is -2.37. The van der Waals surface area contributed by atoms with Crippen LogP contribution in [0, 0.1) is 0 Å². The molecule has 1 aromatic carbocycles. The first-order valence-corrected chi connectivity index (χ1v) is 9.37. The van der Waals surface area contributed by atoms with Crippen molar-refractivity contribution >= 4 is 5.97 Å². The average molecular weight is 369 g/mol. The Morgan fingerprint density at radius 2 is 1.85 bits per heavy atom. The summed E-state index contributed by atoms with van der Waals surface area (Å²) in [6.45, 7) is 7.92. The highest BCUT2D eigenvalue weighted by Crippen LogP contribution is 2.25. The van der Waals surface area contributed by atoms with Gasteiger partial charge in [0.2, 0.25) is 0 Å². The summed E-state index contributed by atoms with van der Waals surface area (Å²) in [5, 5.41) is 9.80. The Balaban J connectivity index is 1.62. The third kappa shape index (κ3) is 5.28. The zero-order valence-electron chi connectivity index (χ0n) is 15.9. The van der Waals surface area contributed by atoms with Crippen LogP contribution in [0.2, 0.25) is 0 Å². The fourth-order valence-electron chi connectivity index (χ4n) is 3.44. The Morgan fingerprint density at radius 3 is 2.41 bits per heavy atom. The third-order valence-corrected chi connectivity index (χ3v) is 4.70. The number of benzene rings is 1. The molecule has 144 valence electrons. The van der Waals surface area contributed by atoms with Gasteiger partial charge in [-0.3, -0.25) is 19.6 Å². The molecule has 2 aromatic rings. The van der Waals surface area contributed by atoms with Gasteiger partial charge in [-0.1, -0.05) is 18.2 Å². The number of rotatable bonds is 7. The van der Waals surface area contributed by atoms with Crippen molar-refractivity contribution in [1.29, 1.82) is 0 Å². The molecule has 0 bridgehead atoms. The highest BCUT2D eigenvalue weighted by Gasteiger charge is 2.30. The smallest absolute Gasteiger partial charge is 0.325 e. The number of carboxylic acid groups (broad SMARTS) is 1. The van der Waals surface area contributed by atoms with E-state index in [1.54, 1.807) is 6.20 Å². The summed E-state index contributed by atoms with van der Waals surface area (Å²) in [7, 11) is 0. The fraction of sp³-hybridized carbons (Fsp3) is 0.429. The molecule has 0 amide bonds. The van der Waals surface area contributed by atoms with E-state index in [0.29, 0.717) is 0 Å². The molecule has 1 aromatic heterocycles. The number of nitrogens with zero attached hydrogens (tertiary/aromatic N) is 3. The SMILES string of the molecule is CC(C)Oc1ccc(C(C(=O)O)N2CCN(Cc3cccnc3)CC2)cc1. The maximum absolute atomic E-state index is 11.9. The molecule has 2 heterocycles. The second-order valence-corrected chi connectivity index (χ2v) is 7.15. The third-order valence-electron chi connectivity index (χ3n) is 4.70. The molecule has 0 radical (unpaired) electrons. The zero-order valence-corrected chi connectivity index (χ0v) is 15.9. The highest BCUT2D eigenvalue weighted by molar-refractivity contribution is 5.75. The molecule has 0 spiro atoms. The summed E-state index contributed by atoms with van der Waals surface area (Å²) < 4.78 is 5.65. The van der Waals surface area contributed by atoms with Crippen molar-refractivity contribution in [2.24, 2.45) is 0 Å². The van der Waals surface area contributed by atoms with Crippen LogP contribution in [0.15, 0.2) is 48.8 Å². The van der Waals surface area contributed by atoms with Crippen LogP contribution in [-0.2, 0) is 11.3 Å². The van der Waals surface area contributed by atoms with Gasteiger partial charge in [0, 0.05) is 45.1 Å². The van der Waals surface area contributed by atoms with Crippen LogP contribution in [-0.4, -0.2) is 58.1 Å². The van der Waals surface area contributed by atoms with Gasteiger partial charge in [-0.05, 0) is 43.2 Å². The van der Waals surface area contributed by atoms with E-state index in [-0.39, 0.29) is 6.10 Å². The summed E-state index contributed by atoms with van der Waals surface area (Å²) in [4.78, 5) is 20.5. The van der Waals surface area contributed by atoms with Crippen molar-refractivity contribution in [2.75, 3.05) is 26.2 Å². The molecule has 6 heteroatoms. The number of pyridine rings is 1. The van der Waals surface area contributed by atoms with Crippen molar-refractivity contribution in [3.63, 3.8) is 0 Å². The van der Waals surface area contributed by atoms with Crippen LogP contribution in [0.4, 0.5) is 0 Å². The number of carbonyl (C=O) groups is 1. The largest absolute Gasteiger partial charge is 0.491 e. The molecule has 1 aliphatic rings. The van der Waals surface area contributed by atoms with Crippen molar-refractivity contribution < 1.29 is 14.6 Å². The molecule has 27 heavy (non-hydrogen) atoms. The number of ether oxygens (including phenoxy) is 1. The molecular formula is C21H27N3O3. The lowest BCUT2D eigenvalue weighted by atomic mass is 10.0. The maximum atomic E-state index is 11.9. The highest BCUT2D eigenvalue weighted by atomic mass is 16.5. The van der Waals surface area contributed by atoms with Crippen molar-refractivity contribution in [2.45, 2.75) is 32.5 Å². The fourth-order valence-corrected chi connectivity index (χ4v) is 3.44. The second kappa shape index (κ2) is 8.97. The van der Waals surface area contributed by atoms with Crippen LogP contribution < -0.4 is 4.74 Å². The van der Waals surface area contributed by atoms with E-state index in [9.17, 15) is 9.90 Å². The number of aromatic nitrogens is 1. The zero-order chi connectivity index (χ0) is 19.2. The van der Waals surface area contributed by atoms with Gasteiger partial charge in [0.05, 0.1) is 6.10 Å². The number of piperazine rings is 1. The normalized spacial score (nSPS) is 17.0. The van der Waals surface area contributed by atoms with Gasteiger partial charge >= 0.3 is 5.97 Å². The Labute approximate surface area is 160 Å². The molecule has 6 nitrogen and oxygen atoms in total. The van der Waals surface area contributed by atoms with Gasteiger partial charge in [-0.2, -0.15) is 0 Å². The minimum absolute atomic E-state index is 0.0963. The molecular weight excluding hydrogens is 342 g/mol. The number of aliphatic carboxylic acids is 1. The number of hydrogen-bond donors (Lipinski definition) is 1. The quantitative estimate of drug-likeness (QED) is 0.810. The van der Waals surface area contributed by atoms with Crippen LogP contribution in [0.5, 0.6) is 5.75 Å². The van der Waals surface area contributed by atoms with Gasteiger partial charge in [-0.25, -0.2) is 0 Å². The second-order valence-electron chi connectivity index (χ2n) is 7.15. The average Bonchev–Trinajstić information content (AvgIpc) is 2.65. The van der Waals surface area contributed by atoms with E-state index in [1.807, 2.05) is 55.3 Å². The minimum Gasteiger partial charge on any atom is -0.491 e. The van der Waals surface area contributed by atoms with Crippen molar-refractivity contribution in [3.05, 3.63) is 59.9 Å². The van der Waals surface area contributed by atoms with E-state index in [0.717, 1.165) is 44.0 Å². The summed E-state index contributed by atoms with van der Waals surface area (Å²) in [5.41, 5.74) is 1.97. The van der Waals surface area contributed by atoms with Crippen LogP contribution >= 0.6 is 0 Å². The summed E-state index contributed by atoms with van der Waals surface area (Å²) in [6.07, 6.45) is 3.75. The van der Waals surface area contributed by atoms with Gasteiger partial charge < -0.3 is 9.84 Å². The van der Waals surface area contributed by atoms with E-state index in [2.05, 4.69) is 16.0 Å². The lowest BCUT2D eigenvalue weighted by molar-refractivity contribution is -0.144. The van der Waals surface area contributed by atoms with E-state index < -0.39 is 12.0 Å². The van der Waals surface area contributed by atoms with Gasteiger partial charge in [0.1, 0.15) is 11.8 Å². The summed E-state index contributed by atoms with van der Waals surface area (Å²) in [6, 6.07) is 10.8. The maximum Gasteiger partial charge on any atom is 0.325 e. The van der Waals surface area contributed by atoms with Gasteiger partial charge in [-0.15, -0.1) is 0 Å². The van der Waals surface area contributed by atoms with Crippen molar-refractivity contribution in [3.8, 4) is 5.75 Å². The first-order valence-electron chi connectivity index (χ1n) is 9.37. The molecule has 0 aliphatic carbocycles. The molecule has 1 atom stereocenters. The molecule has 1 saturated heterocycles. The molecule has 1 fully saturated rings. The van der Waals surface area contributed by atoms with Crippen molar-refractivity contribution in [1.82, 2.24) is 14.8 Å². The Kier molecular flexibility index (Phi) is 6.42. The van der Waals surface area contributed by atoms with Gasteiger partial charge in [0.15, 0.2) is 0 Å². The van der Waals surface area contributed by atoms with Gasteiger partial charge in [0.25, 0.3) is 0 Å². The Morgan fingerprint density at radius 1 is 1.15 bits per heavy atom. The molecule has 1 unspecified atom stereocenters. The first kappa shape index (κ1) is 19.3. The minimum atomic E-state index is -0.812. The Bertz CT molecular complexity index is 726. The molecule has 1 aliphatic heterocycles. The lowest BCUT2D eigenvalue weighted by Crippen LogP contribution is -2.48. The molecule has 1 N–H and O–H groups in total. The van der Waals surface area contributed by atoms with Crippen LogP contribution in [0.3, 0.4) is 0 Å². The van der Waals surface area contributed by atoms with Crippen LogP contribution in [0.1, 0.15) is 31.0 Å². The number of carboxylic acids is 1. The predicted molar refractivity (Wildman–Crippen MR) is 104 cm³/mol. The van der Waals surface area contributed by atoms with Crippen LogP contribution in [0.25, 0.3) is 0 Å². The standard InChI is InChI=1S/C21H27N3O3/c1-16(2)27-19-7-5-18(6-8-19)20(21(25)26)24-12-10-23(11-13-24)15-17-4-3-9-22-14-17/h3-9,14,16,20H,10-13,15H2,1-2H3,(H,25,26). The number of hydrogen-bond acceptors (Lipinski definition) is 5. The van der Waals surface area contributed by atoms with E-state index >= 15 is 0 Å². The summed E-state index contributed by atoms with van der Waals surface area (Å²) in [5.74, 6) is -0.0487. The Hall–Kier alpha value is -2.44.